The van der Waals surface area contributed by atoms with Gasteiger partial charge in [0.1, 0.15) is 9.84 Å². The molecular formula is C11H16BrNO4S2. The smallest absolute Gasteiger partial charge is 0.233 e. The van der Waals surface area contributed by atoms with Crippen molar-refractivity contribution in [1.29, 1.82) is 0 Å². The molecule has 1 aromatic carbocycles. The number of aryl methyl sites for hydroxylation is 1. The molecule has 0 aromatic heterocycles. The van der Waals surface area contributed by atoms with E-state index in [9.17, 15) is 16.8 Å². The maximum absolute atomic E-state index is 11.7. The summed E-state index contributed by atoms with van der Waals surface area (Å²) in [5.41, 5.74) is 1.53. The van der Waals surface area contributed by atoms with Crippen LogP contribution in [0, 0.1) is 0 Å². The number of halogens is 1. The fraction of sp³-hybridized carbons (Fsp3) is 0.455. The summed E-state index contributed by atoms with van der Waals surface area (Å²) < 4.78 is 47.6. The van der Waals surface area contributed by atoms with Crippen molar-refractivity contribution < 1.29 is 16.8 Å². The van der Waals surface area contributed by atoms with Crippen molar-refractivity contribution in [3.05, 3.63) is 29.8 Å². The lowest BCUT2D eigenvalue weighted by Crippen LogP contribution is -2.22. The highest BCUT2D eigenvalue weighted by atomic mass is 79.9. The zero-order valence-corrected chi connectivity index (χ0v) is 13.7. The number of benzene rings is 1. The predicted octanol–water partition coefficient (Wildman–Crippen LogP) is 1.41. The lowest BCUT2D eigenvalue weighted by atomic mass is 10.2. The van der Waals surface area contributed by atoms with Gasteiger partial charge in [0.15, 0.2) is 0 Å². The van der Waals surface area contributed by atoms with E-state index in [2.05, 4.69) is 20.7 Å². The van der Waals surface area contributed by atoms with Gasteiger partial charge in [0, 0.05) is 17.3 Å². The Morgan fingerprint density at radius 2 is 1.63 bits per heavy atom. The third-order valence-corrected chi connectivity index (χ3v) is 5.22. The van der Waals surface area contributed by atoms with Gasteiger partial charge in [-0.3, -0.25) is 4.72 Å². The summed E-state index contributed by atoms with van der Waals surface area (Å²) in [6.45, 7) is 0. The van der Waals surface area contributed by atoms with E-state index in [4.69, 9.17) is 0 Å². The van der Waals surface area contributed by atoms with Crippen LogP contribution in [0.5, 0.6) is 0 Å². The second kappa shape index (κ2) is 6.71. The molecule has 0 aliphatic carbocycles. The maximum Gasteiger partial charge on any atom is 0.233 e. The molecule has 108 valence electrons. The van der Waals surface area contributed by atoms with Crippen LogP contribution in [-0.2, 0) is 26.3 Å². The molecule has 0 radical (unpaired) electrons. The summed E-state index contributed by atoms with van der Waals surface area (Å²) in [6.07, 6.45) is 1.87. The summed E-state index contributed by atoms with van der Waals surface area (Å²) in [6, 6.07) is 6.98. The van der Waals surface area contributed by atoms with E-state index >= 15 is 0 Å². The van der Waals surface area contributed by atoms with E-state index in [1.54, 1.807) is 12.1 Å². The molecule has 0 aliphatic heterocycles. The van der Waals surface area contributed by atoms with E-state index in [-0.39, 0.29) is 5.75 Å². The summed E-state index contributed by atoms with van der Waals surface area (Å²) in [5, 5.41) is 0.840. The van der Waals surface area contributed by atoms with Crippen molar-refractivity contribution in [3.63, 3.8) is 0 Å². The molecule has 0 spiro atoms. The van der Waals surface area contributed by atoms with Crippen molar-refractivity contribution in [2.45, 2.75) is 6.42 Å². The van der Waals surface area contributed by atoms with E-state index in [0.29, 0.717) is 5.69 Å². The van der Waals surface area contributed by atoms with Crippen molar-refractivity contribution in [2.75, 3.05) is 27.8 Å². The van der Waals surface area contributed by atoms with Gasteiger partial charge in [0.2, 0.25) is 10.0 Å². The Morgan fingerprint density at radius 3 is 2.11 bits per heavy atom. The van der Waals surface area contributed by atoms with Gasteiger partial charge in [0.25, 0.3) is 0 Å². The van der Waals surface area contributed by atoms with Crippen molar-refractivity contribution in [3.8, 4) is 0 Å². The molecule has 0 unspecified atom stereocenters. The van der Waals surface area contributed by atoms with E-state index in [1.165, 1.54) is 0 Å². The summed E-state index contributed by atoms with van der Waals surface area (Å²) in [4.78, 5) is 0. The van der Waals surface area contributed by atoms with Crippen LogP contribution < -0.4 is 4.72 Å². The molecule has 0 fully saturated rings. The van der Waals surface area contributed by atoms with Crippen LogP contribution in [0.25, 0.3) is 0 Å². The number of hydrogen-bond donors (Lipinski definition) is 1. The Morgan fingerprint density at radius 1 is 1.05 bits per heavy atom. The lowest BCUT2D eigenvalue weighted by molar-refractivity contribution is 0.593. The minimum Gasteiger partial charge on any atom is -0.284 e. The normalized spacial score (nSPS) is 12.3. The molecule has 1 N–H and O–H groups in total. The van der Waals surface area contributed by atoms with Crippen molar-refractivity contribution in [2.24, 2.45) is 0 Å². The standard InChI is InChI=1S/C11H16BrNO4S2/c1-18(14,15)8-9-19(16,17)13-11-4-2-10(3-5-11)6-7-12/h2-5,13H,6-9H2,1H3. The van der Waals surface area contributed by atoms with Gasteiger partial charge in [-0.2, -0.15) is 0 Å². The van der Waals surface area contributed by atoms with E-state index < -0.39 is 25.6 Å². The highest BCUT2D eigenvalue weighted by Crippen LogP contribution is 2.12. The van der Waals surface area contributed by atoms with Crippen LogP contribution in [0.3, 0.4) is 0 Å². The summed E-state index contributed by atoms with van der Waals surface area (Å²) in [7, 11) is -6.92. The number of nitrogens with one attached hydrogen (secondary N) is 1. The molecule has 19 heavy (non-hydrogen) atoms. The summed E-state index contributed by atoms with van der Waals surface area (Å²) in [5.74, 6) is -0.820. The Hall–Kier alpha value is -0.600. The first-order valence-corrected chi connectivity index (χ1v) is 10.4. The van der Waals surface area contributed by atoms with Gasteiger partial charge in [-0.15, -0.1) is 0 Å². The van der Waals surface area contributed by atoms with Crippen LogP contribution >= 0.6 is 15.9 Å². The number of sulfonamides is 1. The Labute approximate surface area is 122 Å². The predicted molar refractivity (Wildman–Crippen MR) is 81.1 cm³/mol. The highest BCUT2D eigenvalue weighted by Gasteiger charge is 2.14. The first-order chi connectivity index (χ1) is 8.72. The van der Waals surface area contributed by atoms with Crippen LogP contribution in [0.4, 0.5) is 5.69 Å². The first-order valence-electron chi connectivity index (χ1n) is 5.55. The molecule has 0 saturated heterocycles. The number of alkyl halides is 1. The number of anilines is 1. The lowest BCUT2D eigenvalue weighted by Gasteiger charge is -2.08. The van der Waals surface area contributed by atoms with E-state index in [0.717, 1.165) is 23.6 Å². The third-order valence-electron chi connectivity index (χ3n) is 2.33. The molecule has 0 heterocycles. The molecule has 0 bridgehead atoms. The molecule has 1 aromatic rings. The topological polar surface area (TPSA) is 80.3 Å². The minimum absolute atomic E-state index is 0.385. The largest absolute Gasteiger partial charge is 0.284 e. The quantitative estimate of drug-likeness (QED) is 0.736. The van der Waals surface area contributed by atoms with E-state index in [1.807, 2.05) is 12.1 Å². The molecule has 0 amide bonds. The zero-order valence-electron chi connectivity index (χ0n) is 10.5. The second-order valence-electron chi connectivity index (χ2n) is 4.19. The Balaban J connectivity index is 2.67. The van der Waals surface area contributed by atoms with Gasteiger partial charge >= 0.3 is 0 Å². The van der Waals surface area contributed by atoms with Crippen LogP contribution in [0.1, 0.15) is 5.56 Å². The second-order valence-corrected chi connectivity index (χ2v) is 9.08. The Kier molecular flexibility index (Phi) is 5.82. The molecule has 5 nitrogen and oxygen atoms in total. The molecule has 8 heteroatoms. The maximum atomic E-state index is 11.7. The number of hydrogen-bond acceptors (Lipinski definition) is 4. The summed E-state index contributed by atoms with van der Waals surface area (Å²) >= 11 is 3.32. The van der Waals surface area contributed by atoms with Gasteiger partial charge in [0.05, 0.1) is 11.5 Å². The number of rotatable bonds is 7. The van der Waals surface area contributed by atoms with Gasteiger partial charge in [-0.1, -0.05) is 28.1 Å². The zero-order chi connectivity index (χ0) is 14.5. The fourth-order valence-corrected chi connectivity index (χ4v) is 4.48. The Bertz CT molecular complexity index is 609. The monoisotopic (exact) mass is 369 g/mol. The van der Waals surface area contributed by atoms with Crippen molar-refractivity contribution >= 4 is 41.5 Å². The van der Waals surface area contributed by atoms with Crippen LogP contribution in [0.2, 0.25) is 0 Å². The van der Waals surface area contributed by atoms with Gasteiger partial charge in [-0.05, 0) is 24.1 Å². The highest BCUT2D eigenvalue weighted by molar-refractivity contribution is 9.09. The molecule has 0 aliphatic rings. The average Bonchev–Trinajstić information content (AvgIpc) is 2.29. The SMILES string of the molecule is CS(=O)(=O)CCS(=O)(=O)Nc1ccc(CCBr)cc1. The van der Waals surface area contributed by atoms with Crippen molar-refractivity contribution in [1.82, 2.24) is 0 Å². The van der Waals surface area contributed by atoms with Gasteiger partial charge in [-0.25, -0.2) is 16.8 Å². The minimum atomic E-state index is -3.63. The fourth-order valence-electron chi connectivity index (χ4n) is 1.34. The third kappa shape index (κ3) is 6.93. The van der Waals surface area contributed by atoms with Gasteiger partial charge < -0.3 is 0 Å². The average molecular weight is 370 g/mol. The van der Waals surface area contributed by atoms with Crippen LogP contribution in [-0.4, -0.2) is 39.9 Å². The molecule has 0 atom stereocenters. The number of sulfone groups is 1. The van der Waals surface area contributed by atoms with Crippen LogP contribution in [0.15, 0.2) is 24.3 Å². The molecule has 1 rings (SSSR count). The first kappa shape index (κ1) is 16.5. The molecular weight excluding hydrogens is 354 g/mol. The molecule has 0 saturated carbocycles.